The first-order chi connectivity index (χ1) is 10.3. The fourth-order valence-corrected chi connectivity index (χ4v) is 3.05. The predicted octanol–water partition coefficient (Wildman–Crippen LogP) is 5.19. The van der Waals surface area contributed by atoms with Crippen molar-refractivity contribution in [3.8, 4) is 0 Å². The third kappa shape index (κ3) is 2.80. The topological polar surface area (TPSA) is 12.0 Å². The van der Waals surface area contributed by atoms with Gasteiger partial charge in [0.15, 0.2) is 0 Å². The van der Waals surface area contributed by atoms with Gasteiger partial charge in [-0.25, -0.2) is 0 Å². The molecule has 21 heavy (non-hydrogen) atoms. The molecule has 1 nitrogen and oxygen atoms in total. The molecule has 106 valence electrons. The number of benzene rings is 3. The van der Waals surface area contributed by atoms with Gasteiger partial charge in [-0.3, -0.25) is 0 Å². The minimum Gasteiger partial charge on any atom is -0.306 e. The van der Waals surface area contributed by atoms with Crippen molar-refractivity contribution in [2.45, 2.75) is 13.0 Å². The second kappa shape index (κ2) is 6.30. The highest BCUT2D eigenvalue weighted by atomic mass is 35.5. The van der Waals surface area contributed by atoms with Crippen LogP contribution in [0.25, 0.3) is 10.8 Å². The monoisotopic (exact) mass is 295 g/mol. The number of halogens is 1. The molecular formula is C19H18ClN. The molecule has 0 spiro atoms. The molecule has 0 fully saturated rings. The molecule has 0 amide bonds. The van der Waals surface area contributed by atoms with Gasteiger partial charge in [-0.1, -0.05) is 79.2 Å². The molecule has 0 radical (unpaired) electrons. The van der Waals surface area contributed by atoms with E-state index in [1.165, 1.54) is 16.3 Å². The largest absolute Gasteiger partial charge is 0.306 e. The van der Waals surface area contributed by atoms with Gasteiger partial charge in [-0.05, 0) is 34.5 Å². The summed E-state index contributed by atoms with van der Waals surface area (Å²) in [6.07, 6.45) is 0. The zero-order chi connectivity index (χ0) is 14.7. The van der Waals surface area contributed by atoms with Crippen LogP contribution in [0, 0.1) is 0 Å². The van der Waals surface area contributed by atoms with Crippen LogP contribution in [-0.4, -0.2) is 6.54 Å². The average molecular weight is 296 g/mol. The summed E-state index contributed by atoms with van der Waals surface area (Å²) in [4.78, 5) is 0. The van der Waals surface area contributed by atoms with E-state index in [-0.39, 0.29) is 6.04 Å². The first kappa shape index (κ1) is 14.1. The molecule has 0 saturated carbocycles. The van der Waals surface area contributed by atoms with E-state index in [9.17, 15) is 0 Å². The van der Waals surface area contributed by atoms with Crippen molar-refractivity contribution in [2.24, 2.45) is 0 Å². The second-order valence-corrected chi connectivity index (χ2v) is 5.49. The number of rotatable bonds is 4. The molecule has 2 heteroatoms. The van der Waals surface area contributed by atoms with Crippen LogP contribution in [0.2, 0.25) is 5.02 Å². The fraction of sp³-hybridized carbons (Fsp3) is 0.158. The molecule has 1 N–H and O–H groups in total. The van der Waals surface area contributed by atoms with Gasteiger partial charge in [0, 0.05) is 5.02 Å². The van der Waals surface area contributed by atoms with Gasteiger partial charge in [0.1, 0.15) is 0 Å². The highest BCUT2D eigenvalue weighted by molar-refractivity contribution is 6.31. The number of nitrogens with one attached hydrogen (secondary N) is 1. The maximum Gasteiger partial charge on any atom is 0.0597 e. The van der Waals surface area contributed by atoms with Gasteiger partial charge in [-0.15, -0.1) is 0 Å². The van der Waals surface area contributed by atoms with E-state index in [4.69, 9.17) is 11.6 Å². The van der Waals surface area contributed by atoms with E-state index >= 15 is 0 Å². The Balaban J connectivity index is 2.19. The second-order valence-electron chi connectivity index (χ2n) is 5.08. The molecular weight excluding hydrogens is 278 g/mol. The molecule has 0 saturated heterocycles. The van der Waals surface area contributed by atoms with Crippen molar-refractivity contribution in [1.29, 1.82) is 0 Å². The lowest BCUT2D eigenvalue weighted by molar-refractivity contribution is 0.634. The lowest BCUT2D eigenvalue weighted by atomic mass is 9.93. The van der Waals surface area contributed by atoms with Crippen LogP contribution in [0.15, 0.2) is 66.7 Å². The summed E-state index contributed by atoms with van der Waals surface area (Å²) >= 11 is 6.42. The lowest BCUT2D eigenvalue weighted by Gasteiger charge is -2.22. The van der Waals surface area contributed by atoms with Gasteiger partial charge in [0.25, 0.3) is 0 Å². The van der Waals surface area contributed by atoms with Crippen molar-refractivity contribution >= 4 is 22.4 Å². The summed E-state index contributed by atoms with van der Waals surface area (Å²) in [6.45, 7) is 3.01. The maximum absolute atomic E-state index is 6.42. The molecule has 0 heterocycles. The summed E-state index contributed by atoms with van der Waals surface area (Å²) in [5.74, 6) is 0. The predicted molar refractivity (Wildman–Crippen MR) is 90.9 cm³/mol. The third-order valence-corrected chi connectivity index (χ3v) is 4.10. The van der Waals surface area contributed by atoms with Gasteiger partial charge in [0.2, 0.25) is 0 Å². The minimum atomic E-state index is 0.106. The van der Waals surface area contributed by atoms with E-state index in [2.05, 4.69) is 60.8 Å². The molecule has 0 bridgehead atoms. The van der Waals surface area contributed by atoms with E-state index in [1.807, 2.05) is 18.2 Å². The van der Waals surface area contributed by atoms with Crippen LogP contribution in [0.5, 0.6) is 0 Å². The summed E-state index contributed by atoms with van der Waals surface area (Å²) in [7, 11) is 0. The van der Waals surface area contributed by atoms with Gasteiger partial charge in [-0.2, -0.15) is 0 Å². The molecule has 0 aliphatic carbocycles. The summed E-state index contributed by atoms with van der Waals surface area (Å²) in [5.41, 5.74) is 2.39. The molecule has 1 unspecified atom stereocenters. The lowest BCUT2D eigenvalue weighted by Crippen LogP contribution is -2.22. The molecule has 0 aromatic heterocycles. The number of hydrogen-bond donors (Lipinski definition) is 1. The first-order valence-corrected chi connectivity index (χ1v) is 7.64. The Morgan fingerprint density at radius 3 is 2.33 bits per heavy atom. The fourth-order valence-electron chi connectivity index (χ4n) is 2.80. The Bertz CT molecular complexity index is 746. The molecule has 3 aromatic rings. The van der Waals surface area contributed by atoms with Gasteiger partial charge in [0.05, 0.1) is 6.04 Å². The van der Waals surface area contributed by atoms with Crippen molar-refractivity contribution in [2.75, 3.05) is 6.54 Å². The SMILES string of the molecule is CCNC(c1ccccc1Cl)c1cccc2ccccc12. The van der Waals surface area contributed by atoms with Crippen molar-refractivity contribution in [1.82, 2.24) is 5.32 Å². The smallest absolute Gasteiger partial charge is 0.0597 e. The number of hydrogen-bond acceptors (Lipinski definition) is 1. The molecule has 3 aromatic carbocycles. The Labute approximate surface area is 130 Å². The van der Waals surface area contributed by atoms with Crippen LogP contribution >= 0.6 is 11.6 Å². The summed E-state index contributed by atoms with van der Waals surface area (Å²) in [5, 5.41) is 6.89. The Morgan fingerprint density at radius 2 is 1.52 bits per heavy atom. The molecule has 0 aliphatic rings. The standard InChI is InChI=1S/C19H18ClN/c1-2-21-19(17-11-5-6-13-18(17)20)16-12-7-9-14-8-3-4-10-15(14)16/h3-13,19,21H,2H2,1H3. The van der Waals surface area contributed by atoms with E-state index in [0.717, 1.165) is 17.1 Å². The van der Waals surface area contributed by atoms with Crippen molar-refractivity contribution in [3.63, 3.8) is 0 Å². The summed E-state index contributed by atoms with van der Waals surface area (Å²) in [6, 6.07) is 23.1. The van der Waals surface area contributed by atoms with Crippen molar-refractivity contribution in [3.05, 3.63) is 82.9 Å². The average Bonchev–Trinajstić information content (AvgIpc) is 2.53. The minimum absolute atomic E-state index is 0.106. The van der Waals surface area contributed by atoms with Crippen LogP contribution in [0.4, 0.5) is 0 Å². The molecule has 3 rings (SSSR count). The zero-order valence-electron chi connectivity index (χ0n) is 12.0. The maximum atomic E-state index is 6.42. The van der Waals surface area contributed by atoms with Crippen LogP contribution in [0.3, 0.4) is 0 Å². The van der Waals surface area contributed by atoms with Crippen LogP contribution < -0.4 is 5.32 Å². The Kier molecular flexibility index (Phi) is 4.23. The van der Waals surface area contributed by atoms with E-state index < -0.39 is 0 Å². The highest BCUT2D eigenvalue weighted by Crippen LogP contribution is 2.32. The highest BCUT2D eigenvalue weighted by Gasteiger charge is 2.17. The third-order valence-electron chi connectivity index (χ3n) is 3.76. The van der Waals surface area contributed by atoms with Crippen LogP contribution in [0.1, 0.15) is 24.1 Å². The molecule has 0 aliphatic heterocycles. The molecule has 1 atom stereocenters. The number of fused-ring (bicyclic) bond motifs is 1. The summed E-state index contributed by atoms with van der Waals surface area (Å²) < 4.78 is 0. The zero-order valence-corrected chi connectivity index (χ0v) is 12.8. The van der Waals surface area contributed by atoms with Crippen LogP contribution in [-0.2, 0) is 0 Å². The van der Waals surface area contributed by atoms with Gasteiger partial charge >= 0.3 is 0 Å². The normalized spacial score (nSPS) is 12.5. The van der Waals surface area contributed by atoms with Gasteiger partial charge < -0.3 is 5.32 Å². The first-order valence-electron chi connectivity index (χ1n) is 7.26. The quantitative estimate of drug-likeness (QED) is 0.698. The Hall–Kier alpha value is -1.83. The van der Waals surface area contributed by atoms with Crippen molar-refractivity contribution < 1.29 is 0 Å². The van der Waals surface area contributed by atoms with E-state index in [0.29, 0.717) is 0 Å². The van der Waals surface area contributed by atoms with E-state index in [1.54, 1.807) is 0 Å². The Morgan fingerprint density at radius 1 is 0.857 bits per heavy atom.